The van der Waals surface area contributed by atoms with Gasteiger partial charge in [-0.25, -0.2) is 0 Å². The molecule has 0 aliphatic heterocycles. The minimum absolute atomic E-state index is 0.0216. The van der Waals surface area contributed by atoms with Crippen molar-refractivity contribution in [3.8, 4) is 0 Å². The predicted molar refractivity (Wildman–Crippen MR) is 115 cm³/mol. The van der Waals surface area contributed by atoms with Crippen molar-refractivity contribution >= 4 is 41.1 Å². The summed E-state index contributed by atoms with van der Waals surface area (Å²) in [6.45, 7) is 5.49. The SMILES string of the molecule is CCCc1ccc2c(S(=O)(=O)O)c(S(=O)(=O)O)c(S(=O)(=O)O)c(CCC)c2c1CCC. The van der Waals surface area contributed by atoms with Gasteiger partial charge in [0.2, 0.25) is 0 Å². The first-order valence-electron chi connectivity index (χ1n) is 9.75. The second kappa shape index (κ2) is 9.12. The fourth-order valence-electron chi connectivity index (χ4n) is 3.99. The summed E-state index contributed by atoms with van der Waals surface area (Å²) in [5, 5.41) is -0.0726. The summed E-state index contributed by atoms with van der Waals surface area (Å²) in [5.74, 6) is 0. The highest BCUT2D eigenvalue weighted by atomic mass is 32.2. The summed E-state index contributed by atoms with van der Waals surface area (Å²) in [5.41, 5.74) is 1.32. The summed E-state index contributed by atoms with van der Waals surface area (Å²) in [4.78, 5) is -4.03. The third kappa shape index (κ3) is 5.10. The quantitative estimate of drug-likeness (QED) is 0.443. The lowest BCUT2D eigenvalue weighted by Gasteiger charge is -2.22. The van der Waals surface area contributed by atoms with Gasteiger partial charge in [0.15, 0.2) is 0 Å². The molecule has 0 bridgehead atoms. The van der Waals surface area contributed by atoms with Gasteiger partial charge in [0.1, 0.15) is 14.7 Å². The van der Waals surface area contributed by atoms with Crippen LogP contribution in [0.3, 0.4) is 0 Å². The van der Waals surface area contributed by atoms with Gasteiger partial charge >= 0.3 is 0 Å². The van der Waals surface area contributed by atoms with E-state index in [1.807, 2.05) is 13.8 Å². The van der Waals surface area contributed by atoms with E-state index >= 15 is 0 Å². The first-order chi connectivity index (χ1) is 14.2. The predicted octanol–water partition coefficient (Wildman–Crippen LogP) is 3.44. The lowest BCUT2D eigenvalue weighted by atomic mass is 9.89. The molecule has 31 heavy (non-hydrogen) atoms. The largest absolute Gasteiger partial charge is 0.297 e. The van der Waals surface area contributed by atoms with E-state index in [2.05, 4.69) is 0 Å². The second-order valence-corrected chi connectivity index (χ2v) is 11.3. The van der Waals surface area contributed by atoms with E-state index in [9.17, 15) is 38.9 Å². The molecule has 174 valence electrons. The third-order valence-electron chi connectivity index (χ3n) is 4.94. The Bertz CT molecular complexity index is 1320. The van der Waals surface area contributed by atoms with E-state index in [4.69, 9.17) is 0 Å². The second-order valence-electron chi connectivity index (χ2n) is 7.27. The molecule has 0 aliphatic rings. The zero-order chi connectivity index (χ0) is 23.8. The fourth-order valence-corrected chi connectivity index (χ4v) is 7.66. The maximum atomic E-state index is 12.3. The van der Waals surface area contributed by atoms with Gasteiger partial charge in [-0.05, 0) is 41.3 Å². The number of fused-ring (bicyclic) bond motifs is 1. The average Bonchev–Trinajstić information content (AvgIpc) is 2.60. The molecule has 0 radical (unpaired) electrons. The molecule has 2 aromatic rings. The van der Waals surface area contributed by atoms with Crippen LogP contribution in [0.1, 0.15) is 56.7 Å². The topological polar surface area (TPSA) is 163 Å². The van der Waals surface area contributed by atoms with Crippen LogP contribution in [0.4, 0.5) is 0 Å². The van der Waals surface area contributed by atoms with Crippen LogP contribution >= 0.6 is 0 Å². The zero-order valence-corrected chi connectivity index (χ0v) is 19.9. The van der Waals surface area contributed by atoms with Crippen LogP contribution in [-0.2, 0) is 49.6 Å². The molecule has 9 nitrogen and oxygen atoms in total. The summed E-state index contributed by atoms with van der Waals surface area (Å²) in [6.07, 6.45) is 2.68. The van der Waals surface area contributed by atoms with E-state index in [0.29, 0.717) is 31.2 Å². The van der Waals surface area contributed by atoms with E-state index in [-0.39, 0.29) is 22.8 Å². The summed E-state index contributed by atoms with van der Waals surface area (Å²) in [6, 6.07) is 2.90. The highest BCUT2D eigenvalue weighted by Crippen LogP contribution is 2.42. The minimum Gasteiger partial charge on any atom is -0.282 e. The van der Waals surface area contributed by atoms with Crippen LogP contribution in [0.2, 0.25) is 0 Å². The summed E-state index contributed by atoms with van der Waals surface area (Å²) >= 11 is 0. The Hall–Kier alpha value is -1.57. The van der Waals surface area contributed by atoms with Gasteiger partial charge < -0.3 is 0 Å². The molecule has 0 amide bonds. The van der Waals surface area contributed by atoms with Crippen LogP contribution in [0.5, 0.6) is 0 Å². The van der Waals surface area contributed by atoms with Crippen LogP contribution in [0.15, 0.2) is 26.8 Å². The third-order valence-corrected chi connectivity index (χ3v) is 8.03. The molecule has 0 heterocycles. The molecular weight excluding hydrogens is 468 g/mol. The molecule has 0 saturated carbocycles. The van der Waals surface area contributed by atoms with Gasteiger partial charge in [-0.1, -0.05) is 52.2 Å². The van der Waals surface area contributed by atoms with Crippen molar-refractivity contribution in [2.75, 3.05) is 0 Å². The van der Waals surface area contributed by atoms with Gasteiger partial charge in [-0.15, -0.1) is 0 Å². The number of aryl methyl sites for hydroxylation is 3. The fraction of sp³-hybridized carbons (Fsp3) is 0.474. The molecule has 3 N–H and O–H groups in total. The van der Waals surface area contributed by atoms with Crippen LogP contribution in [0, 0.1) is 0 Å². The van der Waals surface area contributed by atoms with Crippen molar-refractivity contribution in [3.05, 3.63) is 28.8 Å². The van der Waals surface area contributed by atoms with E-state index in [1.54, 1.807) is 13.0 Å². The van der Waals surface area contributed by atoms with Gasteiger partial charge in [0, 0.05) is 5.39 Å². The molecule has 0 saturated heterocycles. The Morgan fingerprint density at radius 1 is 0.613 bits per heavy atom. The lowest BCUT2D eigenvalue weighted by Crippen LogP contribution is -2.18. The molecule has 0 unspecified atom stereocenters. The summed E-state index contributed by atoms with van der Waals surface area (Å²) < 4.78 is 103. The molecule has 0 aromatic heterocycles. The summed E-state index contributed by atoms with van der Waals surface area (Å²) in [7, 11) is -16.1. The Morgan fingerprint density at radius 3 is 1.48 bits per heavy atom. The molecule has 2 aromatic carbocycles. The molecule has 12 heteroatoms. The average molecular weight is 495 g/mol. The standard InChI is InChI=1S/C19H26O9S3/c1-4-7-12-10-11-15-16(13(12)8-5-2)14(9-6-3)17(29(20,21)22)19(31(26,27)28)18(15)30(23,24)25/h10-11H,4-9H2,1-3H3,(H,20,21,22)(H,23,24,25)(H,26,27,28). The van der Waals surface area contributed by atoms with Crippen LogP contribution in [0.25, 0.3) is 10.8 Å². The maximum Gasteiger partial charge on any atom is 0.297 e. The smallest absolute Gasteiger partial charge is 0.282 e. The first-order valence-corrected chi connectivity index (χ1v) is 14.1. The van der Waals surface area contributed by atoms with Crippen molar-refractivity contribution < 1.29 is 38.9 Å². The number of hydrogen-bond acceptors (Lipinski definition) is 6. The monoisotopic (exact) mass is 494 g/mol. The van der Waals surface area contributed by atoms with E-state index in [1.165, 1.54) is 6.07 Å². The number of hydrogen-bond donors (Lipinski definition) is 3. The van der Waals surface area contributed by atoms with Gasteiger partial charge in [0.25, 0.3) is 30.4 Å². The van der Waals surface area contributed by atoms with Crippen molar-refractivity contribution in [3.63, 3.8) is 0 Å². The Morgan fingerprint density at radius 2 is 1.06 bits per heavy atom. The Labute approximate surface area is 182 Å². The van der Waals surface area contributed by atoms with Gasteiger partial charge in [-0.3, -0.25) is 13.7 Å². The van der Waals surface area contributed by atoms with E-state index in [0.717, 1.165) is 12.0 Å². The van der Waals surface area contributed by atoms with Gasteiger partial charge in [-0.2, -0.15) is 25.3 Å². The van der Waals surface area contributed by atoms with Crippen molar-refractivity contribution in [2.45, 2.75) is 74.0 Å². The lowest BCUT2D eigenvalue weighted by molar-refractivity contribution is 0.456. The molecule has 0 fully saturated rings. The molecule has 2 rings (SSSR count). The van der Waals surface area contributed by atoms with Crippen LogP contribution < -0.4 is 0 Å². The highest BCUT2D eigenvalue weighted by molar-refractivity contribution is 7.90. The zero-order valence-electron chi connectivity index (χ0n) is 17.4. The molecular formula is C19H26O9S3. The maximum absolute atomic E-state index is 12.3. The number of benzene rings is 2. The number of rotatable bonds is 9. The Balaban J connectivity index is 3.48. The normalized spacial score (nSPS) is 13.1. The van der Waals surface area contributed by atoms with E-state index < -0.39 is 45.0 Å². The minimum atomic E-state index is -5.49. The molecule has 0 atom stereocenters. The molecule has 0 spiro atoms. The Kier molecular flexibility index (Phi) is 7.56. The van der Waals surface area contributed by atoms with Crippen molar-refractivity contribution in [2.24, 2.45) is 0 Å². The van der Waals surface area contributed by atoms with Crippen molar-refractivity contribution in [1.82, 2.24) is 0 Å². The van der Waals surface area contributed by atoms with Gasteiger partial charge in [0.05, 0.1) is 0 Å². The van der Waals surface area contributed by atoms with Crippen molar-refractivity contribution in [1.29, 1.82) is 0 Å². The first kappa shape index (κ1) is 25.7. The van der Waals surface area contributed by atoms with Crippen LogP contribution in [-0.4, -0.2) is 38.9 Å². The highest BCUT2D eigenvalue weighted by Gasteiger charge is 2.38. The molecule has 0 aliphatic carbocycles.